The maximum absolute atomic E-state index is 11.6. The number of thiazole rings is 1. The molecule has 0 atom stereocenters. The second-order valence-corrected chi connectivity index (χ2v) is 5.80. The summed E-state index contributed by atoms with van der Waals surface area (Å²) < 4.78 is 17.1. The van der Waals surface area contributed by atoms with Gasteiger partial charge < -0.3 is 19.3 Å². The topological polar surface area (TPSA) is 77.9 Å². The van der Waals surface area contributed by atoms with E-state index in [0.29, 0.717) is 11.3 Å². The van der Waals surface area contributed by atoms with Crippen LogP contribution in [0.25, 0.3) is 21.3 Å². The summed E-state index contributed by atoms with van der Waals surface area (Å²) in [5.74, 6) is -0.327. The number of aromatic nitrogens is 1. The molecule has 0 spiro atoms. The fourth-order valence-corrected chi connectivity index (χ4v) is 3.27. The van der Waals surface area contributed by atoms with Crippen LogP contribution in [0, 0.1) is 0 Å². The van der Waals surface area contributed by atoms with Crippen molar-refractivity contribution in [1.29, 1.82) is 0 Å². The number of carboxylic acids is 1. The predicted molar refractivity (Wildman–Crippen MR) is 91.7 cm³/mol. The van der Waals surface area contributed by atoms with Crippen molar-refractivity contribution in [3.05, 3.63) is 35.3 Å². The lowest BCUT2D eigenvalue weighted by Gasteiger charge is -2.18. The van der Waals surface area contributed by atoms with Gasteiger partial charge in [-0.3, -0.25) is 0 Å². The van der Waals surface area contributed by atoms with Gasteiger partial charge in [0.05, 0.1) is 37.1 Å². The molecule has 24 heavy (non-hydrogen) atoms. The van der Waals surface area contributed by atoms with Crippen LogP contribution in [0.1, 0.15) is 10.4 Å². The van der Waals surface area contributed by atoms with Crippen LogP contribution >= 0.6 is 11.3 Å². The Morgan fingerprint density at radius 2 is 1.75 bits per heavy atom. The Labute approximate surface area is 142 Å². The lowest BCUT2D eigenvalue weighted by molar-refractivity contribution is 0.0692. The Morgan fingerprint density at radius 3 is 2.38 bits per heavy atom. The summed E-state index contributed by atoms with van der Waals surface area (Å²) in [6.45, 7) is 0. The van der Waals surface area contributed by atoms with Gasteiger partial charge in [-0.15, -0.1) is 11.3 Å². The Hall–Kier alpha value is -2.80. The number of nitrogens with zero attached hydrogens (tertiary/aromatic N) is 1. The zero-order chi connectivity index (χ0) is 17.3. The number of carbonyl (C=O) groups is 1. The summed E-state index contributed by atoms with van der Waals surface area (Å²) in [7, 11) is 4.34. The minimum atomic E-state index is -1.11. The minimum Gasteiger partial charge on any atom is -0.492 e. The molecule has 0 bridgehead atoms. The molecule has 0 saturated carbocycles. The van der Waals surface area contributed by atoms with E-state index in [9.17, 15) is 9.90 Å². The number of carboxylic acid groups (broad SMARTS) is 1. The molecule has 0 amide bonds. The second-order valence-electron chi connectivity index (χ2n) is 4.91. The van der Waals surface area contributed by atoms with Gasteiger partial charge in [0.1, 0.15) is 5.56 Å². The number of aromatic carboxylic acids is 1. The Kier molecular flexibility index (Phi) is 4.26. The lowest BCUT2D eigenvalue weighted by Crippen LogP contribution is -2.05. The predicted octanol–water partition coefficient (Wildman–Crippen LogP) is 3.69. The van der Waals surface area contributed by atoms with Gasteiger partial charge in [0, 0.05) is 5.56 Å². The maximum Gasteiger partial charge on any atom is 0.339 e. The molecule has 3 rings (SSSR count). The number of fused-ring (bicyclic) bond motifs is 1. The van der Waals surface area contributed by atoms with Crippen molar-refractivity contribution in [3.63, 3.8) is 0 Å². The first kappa shape index (κ1) is 16.1. The van der Waals surface area contributed by atoms with Gasteiger partial charge in [-0.2, -0.15) is 0 Å². The van der Waals surface area contributed by atoms with Gasteiger partial charge in [0.2, 0.25) is 5.75 Å². The van der Waals surface area contributed by atoms with Crippen molar-refractivity contribution in [1.82, 2.24) is 4.98 Å². The third kappa shape index (κ3) is 2.52. The molecule has 0 radical (unpaired) electrons. The largest absolute Gasteiger partial charge is 0.492 e. The Balaban J connectivity index is 2.32. The van der Waals surface area contributed by atoms with Crippen molar-refractivity contribution in [2.45, 2.75) is 0 Å². The highest BCUT2D eigenvalue weighted by atomic mass is 32.1. The fourth-order valence-electron chi connectivity index (χ4n) is 2.61. The summed E-state index contributed by atoms with van der Waals surface area (Å²) >= 11 is 1.54. The van der Waals surface area contributed by atoms with Gasteiger partial charge in [0.25, 0.3) is 0 Å². The molecule has 6 nitrogen and oxygen atoms in total. The molecular weight excluding hydrogens is 330 g/mol. The van der Waals surface area contributed by atoms with E-state index in [1.165, 1.54) is 27.4 Å². The summed E-state index contributed by atoms with van der Waals surface area (Å²) in [5.41, 5.74) is 3.99. The van der Waals surface area contributed by atoms with E-state index in [0.717, 1.165) is 15.8 Å². The SMILES string of the molecule is COc1c(C(=O)O)cc(-c2ccc3scnc3c2)c(OC)c1OC. The lowest BCUT2D eigenvalue weighted by atomic mass is 9.99. The molecule has 0 fully saturated rings. The van der Waals surface area contributed by atoms with Crippen LogP contribution in [-0.2, 0) is 0 Å². The van der Waals surface area contributed by atoms with Crippen LogP contribution in [-0.4, -0.2) is 37.4 Å². The van der Waals surface area contributed by atoms with E-state index in [-0.39, 0.29) is 17.1 Å². The summed E-state index contributed by atoms with van der Waals surface area (Å²) in [6.07, 6.45) is 0. The third-order valence-electron chi connectivity index (χ3n) is 3.67. The van der Waals surface area contributed by atoms with Crippen molar-refractivity contribution < 1.29 is 24.1 Å². The zero-order valence-corrected chi connectivity index (χ0v) is 14.1. The Bertz CT molecular complexity index is 919. The van der Waals surface area contributed by atoms with Gasteiger partial charge in [-0.05, 0) is 23.8 Å². The summed E-state index contributed by atoms with van der Waals surface area (Å²) in [4.78, 5) is 15.9. The molecule has 3 aromatic rings. The molecule has 0 aliphatic heterocycles. The zero-order valence-electron chi connectivity index (χ0n) is 13.3. The fraction of sp³-hybridized carbons (Fsp3) is 0.176. The Morgan fingerprint density at radius 1 is 1.04 bits per heavy atom. The van der Waals surface area contributed by atoms with Crippen molar-refractivity contribution in [2.75, 3.05) is 21.3 Å². The molecule has 0 aliphatic carbocycles. The quantitative estimate of drug-likeness (QED) is 0.760. The number of methoxy groups -OCH3 is 3. The molecule has 1 aromatic heterocycles. The molecule has 0 unspecified atom stereocenters. The van der Waals surface area contributed by atoms with Crippen molar-refractivity contribution in [3.8, 4) is 28.4 Å². The van der Waals surface area contributed by atoms with E-state index in [2.05, 4.69) is 4.98 Å². The minimum absolute atomic E-state index is 0.00326. The number of benzene rings is 2. The van der Waals surface area contributed by atoms with Gasteiger partial charge >= 0.3 is 5.97 Å². The average molecular weight is 345 g/mol. The van der Waals surface area contributed by atoms with E-state index < -0.39 is 5.97 Å². The van der Waals surface area contributed by atoms with Crippen LogP contribution in [0.3, 0.4) is 0 Å². The molecule has 1 N–H and O–H groups in total. The summed E-state index contributed by atoms with van der Waals surface area (Å²) in [5, 5.41) is 9.50. The van der Waals surface area contributed by atoms with Crippen LogP contribution in [0.4, 0.5) is 0 Å². The molecule has 0 saturated heterocycles. The first-order chi connectivity index (χ1) is 11.6. The maximum atomic E-state index is 11.6. The van der Waals surface area contributed by atoms with E-state index in [4.69, 9.17) is 14.2 Å². The van der Waals surface area contributed by atoms with Crippen molar-refractivity contribution >= 4 is 27.5 Å². The number of ether oxygens (including phenoxy) is 3. The second kappa shape index (κ2) is 6.37. The van der Waals surface area contributed by atoms with Gasteiger partial charge in [-0.25, -0.2) is 9.78 Å². The monoisotopic (exact) mass is 345 g/mol. The van der Waals surface area contributed by atoms with Crippen LogP contribution < -0.4 is 14.2 Å². The molecule has 7 heteroatoms. The first-order valence-electron chi connectivity index (χ1n) is 7.00. The highest BCUT2D eigenvalue weighted by Crippen LogP contribution is 2.47. The van der Waals surface area contributed by atoms with E-state index in [1.54, 1.807) is 16.8 Å². The normalized spacial score (nSPS) is 10.6. The van der Waals surface area contributed by atoms with Crippen LogP contribution in [0.15, 0.2) is 29.8 Å². The number of hydrogen-bond acceptors (Lipinski definition) is 6. The first-order valence-corrected chi connectivity index (χ1v) is 7.88. The molecular formula is C17H15NO5S. The summed E-state index contributed by atoms with van der Waals surface area (Å²) in [6, 6.07) is 7.26. The molecule has 2 aromatic carbocycles. The highest BCUT2D eigenvalue weighted by Gasteiger charge is 2.25. The third-order valence-corrected chi connectivity index (χ3v) is 4.48. The molecule has 1 heterocycles. The van der Waals surface area contributed by atoms with Gasteiger partial charge in [0.15, 0.2) is 11.5 Å². The highest BCUT2D eigenvalue weighted by molar-refractivity contribution is 7.16. The van der Waals surface area contributed by atoms with Crippen LogP contribution in [0.5, 0.6) is 17.2 Å². The van der Waals surface area contributed by atoms with Gasteiger partial charge in [-0.1, -0.05) is 6.07 Å². The smallest absolute Gasteiger partial charge is 0.339 e. The average Bonchev–Trinajstić information content (AvgIpc) is 3.06. The van der Waals surface area contributed by atoms with Crippen LogP contribution in [0.2, 0.25) is 0 Å². The number of rotatable bonds is 5. The molecule has 0 aliphatic rings. The molecule has 124 valence electrons. The van der Waals surface area contributed by atoms with Crippen molar-refractivity contribution in [2.24, 2.45) is 0 Å². The van der Waals surface area contributed by atoms with E-state index in [1.807, 2.05) is 18.2 Å². The van der Waals surface area contributed by atoms with E-state index >= 15 is 0 Å². The number of hydrogen-bond donors (Lipinski definition) is 1. The standard InChI is InChI=1S/C17H15NO5S/c1-21-14-10(9-4-5-13-12(6-9)18-8-24-13)7-11(17(19)20)15(22-2)16(14)23-3/h4-8H,1-3H3,(H,19,20).